The Hall–Kier alpha value is -2.65. The number of nitrogens with one attached hydrogen (secondary N) is 2. The van der Waals surface area contributed by atoms with E-state index in [9.17, 15) is 29.7 Å². The van der Waals surface area contributed by atoms with Gasteiger partial charge in [-0.2, -0.15) is 0 Å². The first-order chi connectivity index (χ1) is 13.0. The number of hydrogen-bond donors (Lipinski definition) is 6. The Morgan fingerprint density at radius 1 is 1.04 bits per heavy atom. The van der Waals surface area contributed by atoms with Crippen molar-refractivity contribution in [2.45, 2.75) is 57.8 Å². The van der Waals surface area contributed by atoms with Gasteiger partial charge in [0.2, 0.25) is 11.8 Å². The summed E-state index contributed by atoms with van der Waals surface area (Å²) in [5, 5.41) is 33.1. The van der Waals surface area contributed by atoms with Crippen LogP contribution in [0.4, 0.5) is 0 Å². The Balaban J connectivity index is 2.76. The van der Waals surface area contributed by atoms with Gasteiger partial charge < -0.3 is 31.7 Å². The van der Waals surface area contributed by atoms with E-state index in [2.05, 4.69) is 10.6 Å². The molecule has 0 spiro atoms. The molecule has 9 heteroatoms. The summed E-state index contributed by atoms with van der Waals surface area (Å²) in [5.41, 5.74) is 6.58. The van der Waals surface area contributed by atoms with E-state index in [1.807, 2.05) is 13.8 Å². The summed E-state index contributed by atoms with van der Waals surface area (Å²) in [6.45, 7) is 4.95. The van der Waals surface area contributed by atoms with Crippen molar-refractivity contribution < 1.29 is 29.7 Å². The van der Waals surface area contributed by atoms with Gasteiger partial charge in [0, 0.05) is 0 Å². The van der Waals surface area contributed by atoms with Crippen LogP contribution in [0.1, 0.15) is 32.8 Å². The second-order valence-corrected chi connectivity index (χ2v) is 7.23. The maximum atomic E-state index is 12.4. The number of phenolic OH excluding ortho intramolecular Hbond substituents is 1. The van der Waals surface area contributed by atoms with Gasteiger partial charge in [0.25, 0.3) is 0 Å². The van der Waals surface area contributed by atoms with E-state index < -0.39 is 42.0 Å². The maximum absolute atomic E-state index is 12.4. The Morgan fingerprint density at radius 3 is 2.07 bits per heavy atom. The Labute approximate surface area is 163 Å². The first kappa shape index (κ1) is 23.4. The smallest absolute Gasteiger partial charge is 0.326 e. The minimum atomic E-state index is -1.34. The molecule has 1 rings (SSSR count). The molecule has 0 aliphatic heterocycles. The lowest BCUT2D eigenvalue weighted by molar-refractivity contribution is -0.143. The number of carboxylic acids is 1. The molecule has 1 aromatic carbocycles. The van der Waals surface area contributed by atoms with Crippen molar-refractivity contribution in [2.75, 3.05) is 0 Å². The molecule has 28 heavy (non-hydrogen) atoms. The van der Waals surface area contributed by atoms with Crippen molar-refractivity contribution in [2.24, 2.45) is 11.7 Å². The molecule has 0 aliphatic rings. The highest BCUT2D eigenvalue weighted by molar-refractivity contribution is 5.92. The summed E-state index contributed by atoms with van der Waals surface area (Å²) in [6.07, 6.45) is -0.883. The van der Waals surface area contributed by atoms with E-state index in [-0.39, 0.29) is 24.5 Å². The molecule has 2 amide bonds. The van der Waals surface area contributed by atoms with Crippen molar-refractivity contribution in [1.82, 2.24) is 10.6 Å². The Kier molecular flexibility index (Phi) is 8.87. The number of rotatable bonds is 10. The SMILES string of the molecule is CC(C)CC(NC(=O)C(NC(=O)C(N)Cc1ccc(O)cc1)C(C)O)C(=O)O. The molecule has 0 bridgehead atoms. The highest BCUT2D eigenvalue weighted by atomic mass is 16.4. The maximum Gasteiger partial charge on any atom is 0.326 e. The number of hydrogen-bond acceptors (Lipinski definition) is 6. The highest BCUT2D eigenvalue weighted by Crippen LogP contribution is 2.11. The number of benzene rings is 1. The van der Waals surface area contributed by atoms with Crippen LogP contribution in [0, 0.1) is 5.92 Å². The fraction of sp³-hybridized carbons (Fsp3) is 0.526. The van der Waals surface area contributed by atoms with Crippen LogP contribution < -0.4 is 16.4 Å². The fourth-order valence-corrected chi connectivity index (χ4v) is 2.60. The van der Waals surface area contributed by atoms with Gasteiger partial charge in [0.1, 0.15) is 17.8 Å². The molecular weight excluding hydrogens is 366 g/mol. The topological polar surface area (TPSA) is 162 Å². The molecule has 0 heterocycles. The molecule has 0 radical (unpaired) electrons. The standard InChI is InChI=1S/C19H29N3O6/c1-10(2)8-15(19(27)28)21-18(26)16(11(3)23)22-17(25)14(20)9-12-4-6-13(24)7-5-12/h4-7,10-11,14-16,23-24H,8-9,20H2,1-3H3,(H,21,26)(H,22,25)(H,27,28). The van der Waals surface area contributed by atoms with Crippen molar-refractivity contribution >= 4 is 17.8 Å². The van der Waals surface area contributed by atoms with Gasteiger partial charge in [0.05, 0.1) is 12.1 Å². The van der Waals surface area contributed by atoms with Crippen LogP contribution in [-0.2, 0) is 20.8 Å². The number of aromatic hydroxyl groups is 1. The summed E-state index contributed by atoms with van der Waals surface area (Å²) in [7, 11) is 0. The molecule has 1 aromatic rings. The summed E-state index contributed by atoms with van der Waals surface area (Å²) < 4.78 is 0. The minimum Gasteiger partial charge on any atom is -0.508 e. The average molecular weight is 395 g/mol. The quantitative estimate of drug-likeness (QED) is 0.318. The molecule has 0 aromatic heterocycles. The lowest BCUT2D eigenvalue weighted by Gasteiger charge is -2.25. The summed E-state index contributed by atoms with van der Waals surface area (Å²) >= 11 is 0. The average Bonchev–Trinajstić information content (AvgIpc) is 2.59. The molecule has 9 nitrogen and oxygen atoms in total. The van der Waals surface area contributed by atoms with E-state index in [0.29, 0.717) is 5.56 Å². The number of carboxylic acid groups (broad SMARTS) is 1. The van der Waals surface area contributed by atoms with Crippen LogP contribution in [-0.4, -0.2) is 57.3 Å². The predicted octanol–water partition coefficient (Wildman–Crippen LogP) is -0.257. The first-order valence-electron chi connectivity index (χ1n) is 9.06. The normalized spacial score (nSPS) is 15.4. The second kappa shape index (κ2) is 10.6. The zero-order valence-corrected chi connectivity index (χ0v) is 16.3. The summed E-state index contributed by atoms with van der Waals surface area (Å²) in [5.74, 6) is -2.54. The van der Waals surface area contributed by atoms with Crippen LogP contribution in [0.5, 0.6) is 5.75 Å². The largest absolute Gasteiger partial charge is 0.508 e. The number of aliphatic carboxylic acids is 1. The number of carbonyl (C=O) groups excluding carboxylic acids is 2. The monoisotopic (exact) mass is 395 g/mol. The summed E-state index contributed by atoms with van der Waals surface area (Å²) in [4.78, 5) is 36.1. The number of phenols is 1. The van der Waals surface area contributed by atoms with Gasteiger partial charge >= 0.3 is 5.97 Å². The molecular formula is C19H29N3O6. The number of nitrogens with two attached hydrogens (primary N) is 1. The van der Waals surface area contributed by atoms with Crippen molar-refractivity contribution in [3.05, 3.63) is 29.8 Å². The molecule has 4 unspecified atom stereocenters. The van der Waals surface area contributed by atoms with E-state index in [1.165, 1.54) is 19.1 Å². The molecule has 7 N–H and O–H groups in total. The fourth-order valence-electron chi connectivity index (χ4n) is 2.60. The zero-order chi connectivity index (χ0) is 21.4. The third-order valence-electron chi connectivity index (χ3n) is 4.11. The van der Waals surface area contributed by atoms with Gasteiger partial charge in [-0.05, 0) is 43.4 Å². The lowest BCUT2D eigenvalue weighted by atomic mass is 10.0. The predicted molar refractivity (Wildman–Crippen MR) is 102 cm³/mol. The van der Waals surface area contributed by atoms with E-state index in [0.717, 1.165) is 0 Å². The molecule has 0 aliphatic carbocycles. The van der Waals surface area contributed by atoms with E-state index in [4.69, 9.17) is 5.73 Å². The molecule has 0 fully saturated rings. The van der Waals surface area contributed by atoms with E-state index in [1.54, 1.807) is 12.1 Å². The van der Waals surface area contributed by atoms with Crippen LogP contribution in [0.3, 0.4) is 0 Å². The Morgan fingerprint density at radius 2 is 1.61 bits per heavy atom. The molecule has 0 saturated carbocycles. The molecule has 4 atom stereocenters. The number of carbonyl (C=O) groups is 3. The van der Waals surface area contributed by atoms with Crippen molar-refractivity contribution in [3.8, 4) is 5.75 Å². The van der Waals surface area contributed by atoms with Crippen LogP contribution in [0.15, 0.2) is 24.3 Å². The van der Waals surface area contributed by atoms with Gasteiger partial charge in [-0.1, -0.05) is 26.0 Å². The van der Waals surface area contributed by atoms with E-state index >= 15 is 0 Å². The third kappa shape index (κ3) is 7.53. The van der Waals surface area contributed by atoms with Gasteiger partial charge in [-0.15, -0.1) is 0 Å². The lowest BCUT2D eigenvalue weighted by Crippen LogP contribution is -2.58. The van der Waals surface area contributed by atoms with Crippen molar-refractivity contribution in [1.29, 1.82) is 0 Å². The molecule has 156 valence electrons. The Bertz CT molecular complexity index is 675. The van der Waals surface area contributed by atoms with Crippen LogP contribution >= 0.6 is 0 Å². The van der Waals surface area contributed by atoms with Gasteiger partial charge in [0.15, 0.2) is 0 Å². The second-order valence-electron chi connectivity index (χ2n) is 7.23. The zero-order valence-electron chi connectivity index (χ0n) is 16.3. The third-order valence-corrected chi connectivity index (χ3v) is 4.11. The highest BCUT2D eigenvalue weighted by Gasteiger charge is 2.31. The van der Waals surface area contributed by atoms with Gasteiger partial charge in [-0.3, -0.25) is 9.59 Å². The van der Waals surface area contributed by atoms with Crippen molar-refractivity contribution in [3.63, 3.8) is 0 Å². The minimum absolute atomic E-state index is 0.0275. The molecule has 0 saturated heterocycles. The first-order valence-corrected chi connectivity index (χ1v) is 9.06. The van der Waals surface area contributed by atoms with Gasteiger partial charge in [-0.25, -0.2) is 4.79 Å². The van der Waals surface area contributed by atoms with Crippen LogP contribution in [0.25, 0.3) is 0 Å². The summed E-state index contributed by atoms with van der Waals surface area (Å²) in [6, 6.07) is 2.70. The van der Waals surface area contributed by atoms with Crippen LogP contribution in [0.2, 0.25) is 0 Å². The number of aliphatic hydroxyl groups excluding tert-OH is 1. The number of aliphatic hydroxyl groups is 1. The number of amides is 2.